The highest BCUT2D eigenvalue weighted by atomic mass is 19.1. The molecule has 140 valence electrons. The summed E-state index contributed by atoms with van der Waals surface area (Å²) in [6.07, 6.45) is -0.325. The van der Waals surface area contributed by atoms with Crippen molar-refractivity contribution in [2.24, 2.45) is 0 Å². The molecule has 1 aromatic carbocycles. The maximum absolute atomic E-state index is 12.9. The van der Waals surface area contributed by atoms with Gasteiger partial charge in [0.1, 0.15) is 17.9 Å². The highest BCUT2D eigenvalue weighted by molar-refractivity contribution is 6.08. The number of urea groups is 1. The molecule has 1 fully saturated rings. The number of amides is 3. The smallest absolute Gasteiger partial charge is 0.326 e. The molecule has 1 atom stereocenters. The Hall–Kier alpha value is -2.77. The number of ketones is 1. The molecule has 1 aliphatic rings. The van der Waals surface area contributed by atoms with Gasteiger partial charge in [-0.2, -0.15) is 0 Å². The first-order valence-electron chi connectivity index (χ1n) is 8.37. The fraction of sp³-hybridized carbons (Fsp3) is 0.444. The van der Waals surface area contributed by atoms with E-state index in [0.717, 1.165) is 17.0 Å². The largest absolute Gasteiger partial charge is 0.453 e. The zero-order chi connectivity index (χ0) is 19.5. The van der Waals surface area contributed by atoms with Crippen LogP contribution in [0.25, 0.3) is 0 Å². The second-order valence-electron chi connectivity index (χ2n) is 6.11. The van der Waals surface area contributed by atoms with Gasteiger partial charge in [-0.25, -0.2) is 9.18 Å². The number of nitrogens with zero attached hydrogens (tertiary/aromatic N) is 1. The highest BCUT2D eigenvalue weighted by Crippen LogP contribution is 2.24. The Morgan fingerprint density at radius 3 is 2.27 bits per heavy atom. The van der Waals surface area contributed by atoms with Crippen LogP contribution in [0, 0.1) is 5.82 Å². The van der Waals surface area contributed by atoms with Crippen molar-refractivity contribution in [2.75, 3.05) is 6.54 Å². The number of rotatable bonds is 7. The number of esters is 1. The van der Waals surface area contributed by atoms with Gasteiger partial charge in [-0.05, 0) is 44.0 Å². The molecule has 0 radical (unpaired) electrons. The van der Waals surface area contributed by atoms with Crippen LogP contribution in [0.15, 0.2) is 24.3 Å². The number of hydrogen-bond acceptors (Lipinski definition) is 5. The summed E-state index contributed by atoms with van der Waals surface area (Å²) >= 11 is 0. The second kappa shape index (κ2) is 7.63. The average Bonchev–Trinajstić information content (AvgIpc) is 2.86. The van der Waals surface area contributed by atoms with Crippen LogP contribution in [-0.2, 0) is 14.3 Å². The van der Waals surface area contributed by atoms with Gasteiger partial charge in [0.15, 0.2) is 6.10 Å². The van der Waals surface area contributed by atoms with Crippen LogP contribution in [-0.4, -0.2) is 46.8 Å². The molecular formula is C18H21FN2O5. The number of nitrogens with one attached hydrogen (secondary N) is 1. The highest BCUT2D eigenvalue weighted by Gasteiger charge is 2.49. The van der Waals surface area contributed by atoms with Crippen LogP contribution >= 0.6 is 0 Å². The van der Waals surface area contributed by atoms with Crippen molar-refractivity contribution in [3.8, 4) is 0 Å². The lowest BCUT2D eigenvalue weighted by Gasteiger charge is -2.23. The molecule has 1 aliphatic heterocycles. The summed E-state index contributed by atoms with van der Waals surface area (Å²) in [5, 5.41) is 2.61. The lowest BCUT2D eigenvalue weighted by atomic mass is 9.93. The SMILES string of the molecule is CCC1(CC)NC(=O)N(CC(=O)OC(C)C(=O)c2ccc(F)cc2)C1=O. The lowest BCUT2D eigenvalue weighted by Crippen LogP contribution is -2.46. The van der Waals surface area contributed by atoms with Crippen LogP contribution in [0.3, 0.4) is 0 Å². The molecule has 0 bridgehead atoms. The van der Waals surface area contributed by atoms with Gasteiger partial charge in [0.05, 0.1) is 0 Å². The Kier molecular flexibility index (Phi) is 5.74. The van der Waals surface area contributed by atoms with Crippen molar-refractivity contribution < 1.29 is 28.3 Å². The van der Waals surface area contributed by atoms with Crippen molar-refractivity contribution in [3.05, 3.63) is 35.6 Å². The summed E-state index contributed by atoms with van der Waals surface area (Å²) in [6, 6.07) is 4.17. The van der Waals surface area contributed by atoms with E-state index in [4.69, 9.17) is 4.74 Å². The predicted molar refractivity (Wildman–Crippen MR) is 89.8 cm³/mol. The molecule has 8 heteroatoms. The van der Waals surface area contributed by atoms with Crippen LogP contribution in [0.4, 0.5) is 9.18 Å². The Labute approximate surface area is 150 Å². The van der Waals surface area contributed by atoms with Crippen molar-refractivity contribution in [3.63, 3.8) is 0 Å². The number of halogens is 1. The van der Waals surface area contributed by atoms with Crippen molar-refractivity contribution in [1.29, 1.82) is 0 Å². The Balaban J connectivity index is 2.00. The first-order valence-corrected chi connectivity index (χ1v) is 8.37. The Morgan fingerprint density at radius 2 is 1.77 bits per heavy atom. The van der Waals surface area contributed by atoms with E-state index in [1.807, 2.05) is 0 Å². The monoisotopic (exact) mass is 364 g/mol. The molecule has 1 unspecified atom stereocenters. The zero-order valence-electron chi connectivity index (χ0n) is 14.9. The zero-order valence-corrected chi connectivity index (χ0v) is 14.9. The molecule has 7 nitrogen and oxygen atoms in total. The fourth-order valence-electron chi connectivity index (χ4n) is 2.81. The quantitative estimate of drug-likeness (QED) is 0.454. The number of benzene rings is 1. The first kappa shape index (κ1) is 19.6. The lowest BCUT2D eigenvalue weighted by molar-refractivity contribution is -0.150. The molecule has 1 N–H and O–H groups in total. The molecule has 0 saturated carbocycles. The van der Waals surface area contributed by atoms with E-state index in [1.54, 1.807) is 13.8 Å². The Bertz CT molecular complexity index is 728. The number of carbonyl (C=O) groups is 4. The molecule has 1 aromatic rings. The molecule has 0 spiro atoms. The van der Waals surface area contributed by atoms with Crippen LogP contribution in [0.1, 0.15) is 44.0 Å². The number of hydrogen-bond donors (Lipinski definition) is 1. The number of ether oxygens (including phenoxy) is 1. The predicted octanol–water partition coefficient (Wildman–Crippen LogP) is 2.05. The summed E-state index contributed by atoms with van der Waals surface area (Å²) in [7, 11) is 0. The van der Waals surface area contributed by atoms with Gasteiger partial charge in [0.2, 0.25) is 5.78 Å². The van der Waals surface area contributed by atoms with Gasteiger partial charge in [0.25, 0.3) is 5.91 Å². The van der Waals surface area contributed by atoms with E-state index >= 15 is 0 Å². The molecule has 26 heavy (non-hydrogen) atoms. The minimum absolute atomic E-state index is 0.192. The molecule has 1 heterocycles. The van der Waals surface area contributed by atoms with E-state index < -0.39 is 47.7 Å². The number of Topliss-reactive ketones (excluding diaryl/α,β-unsaturated/α-hetero) is 1. The van der Waals surface area contributed by atoms with E-state index in [9.17, 15) is 23.6 Å². The first-order chi connectivity index (χ1) is 12.2. The fourth-order valence-corrected chi connectivity index (χ4v) is 2.81. The van der Waals surface area contributed by atoms with Crippen LogP contribution < -0.4 is 5.32 Å². The summed E-state index contributed by atoms with van der Waals surface area (Å²) in [5.74, 6) is -2.35. The normalized spacial score (nSPS) is 17.0. The summed E-state index contributed by atoms with van der Waals surface area (Å²) in [6.45, 7) is 4.34. The van der Waals surface area contributed by atoms with Crippen molar-refractivity contribution in [1.82, 2.24) is 10.2 Å². The molecule has 1 saturated heterocycles. The van der Waals surface area contributed by atoms with Gasteiger partial charge < -0.3 is 10.1 Å². The topological polar surface area (TPSA) is 92.8 Å². The summed E-state index contributed by atoms with van der Waals surface area (Å²) in [5.41, 5.74) is -0.815. The minimum atomic E-state index is -1.13. The minimum Gasteiger partial charge on any atom is -0.453 e. The third kappa shape index (κ3) is 3.74. The van der Waals surface area contributed by atoms with Crippen LogP contribution in [0.2, 0.25) is 0 Å². The van der Waals surface area contributed by atoms with E-state index in [0.29, 0.717) is 12.8 Å². The second-order valence-corrected chi connectivity index (χ2v) is 6.11. The average molecular weight is 364 g/mol. The van der Waals surface area contributed by atoms with Gasteiger partial charge in [-0.3, -0.25) is 19.3 Å². The van der Waals surface area contributed by atoms with Gasteiger partial charge in [0, 0.05) is 5.56 Å². The maximum atomic E-state index is 12.9. The van der Waals surface area contributed by atoms with Crippen molar-refractivity contribution >= 4 is 23.7 Å². The number of carbonyl (C=O) groups excluding carboxylic acids is 4. The third-order valence-electron chi connectivity index (χ3n) is 4.55. The molecule has 0 aromatic heterocycles. The van der Waals surface area contributed by atoms with E-state index in [-0.39, 0.29) is 5.56 Å². The van der Waals surface area contributed by atoms with Crippen molar-refractivity contribution in [2.45, 2.75) is 45.3 Å². The molecular weight excluding hydrogens is 343 g/mol. The molecule has 3 amide bonds. The Morgan fingerprint density at radius 1 is 1.19 bits per heavy atom. The van der Waals surface area contributed by atoms with Crippen LogP contribution in [0.5, 0.6) is 0 Å². The third-order valence-corrected chi connectivity index (χ3v) is 4.55. The standard InChI is InChI=1S/C18H21FN2O5/c1-4-18(5-2)16(24)21(17(25)20-18)10-14(22)26-11(3)15(23)12-6-8-13(19)9-7-12/h6-9,11H,4-5,10H2,1-3H3,(H,20,25). The van der Waals surface area contributed by atoms with E-state index in [1.165, 1.54) is 19.1 Å². The van der Waals surface area contributed by atoms with Gasteiger partial charge >= 0.3 is 12.0 Å². The van der Waals surface area contributed by atoms with Gasteiger partial charge in [-0.1, -0.05) is 13.8 Å². The number of imide groups is 1. The maximum Gasteiger partial charge on any atom is 0.326 e. The summed E-state index contributed by atoms with van der Waals surface area (Å²) in [4.78, 5) is 49.5. The molecule has 0 aliphatic carbocycles. The van der Waals surface area contributed by atoms with E-state index in [2.05, 4.69) is 5.32 Å². The summed E-state index contributed by atoms with van der Waals surface area (Å²) < 4.78 is 17.9. The molecule has 2 rings (SSSR count). The van der Waals surface area contributed by atoms with Gasteiger partial charge in [-0.15, -0.1) is 0 Å².